The standard InChI is InChI=1S/C23H24N4O3S2/c1-15-8-9-19(30-2)18(10-15)27-12-17(11-21(27)28)22(29)24-23-26-25-20(32-23)14-31-13-16-6-4-3-5-7-16/h3-10,17H,11-14H2,1-2H3,(H,24,26,29). The summed E-state index contributed by atoms with van der Waals surface area (Å²) in [5.74, 6) is 1.48. The first kappa shape index (κ1) is 22.3. The molecule has 0 radical (unpaired) electrons. The Hall–Kier alpha value is -2.91. The molecule has 1 N–H and O–H groups in total. The summed E-state index contributed by atoms with van der Waals surface area (Å²) in [6, 6.07) is 15.9. The van der Waals surface area contributed by atoms with Gasteiger partial charge in [0.25, 0.3) is 0 Å². The predicted octanol–water partition coefficient (Wildman–Crippen LogP) is 4.28. The Balaban J connectivity index is 1.33. The third-order valence-corrected chi connectivity index (χ3v) is 7.19. The Morgan fingerprint density at radius 2 is 2.03 bits per heavy atom. The number of aromatic nitrogens is 2. The molecule has 1 aliphatic rings. The van der Waals surface area contributed by atoms with Crippen LogP contribution in [0.2, 0.25) is 0 Å². The number of amides is 2. The molecular formula is C23H24N4O3S2. The molecule has 0 saturated carbocycles. The minimum absolute atomic E-state index is 0.0932. The summed E-state index contributed by atoms with van der Waals surface area (Å²) < 4.78 is 5.40. The van der Waals surface area contributed by atoms with Gasteiger partial charge in [0, 0.05) is 24.5 Å². The average Bonchev–Trinajstić information content (AvgIpc) is 3.40. The molecule has 4 rings (SSSR count). The van der Waals surface area contributed by atoms with Crippen molar-refractivity contribution in [2.45, 2.75) is 24.9 Å². The summed E-state index contributed by atoms with van der Waals surface area (Å²) in [5.41, 5.74) is 2.98. The van der Waals surface area contributed by atoms with Gasteiger partial charge in [-0.2, -0.15) is 0 Å². The van der Waals surface area contributed by atoms with Crippen LogP contribution in [0.15, 0.2) is 48.5 Å². The largest absolute Gasteiger partial charge is 0.495 e. The fourth-order valence-corrected chi connectivity index (χ4v) is 5.31. The molecule has 0 spiro atoms. The maximum absolute atomic E-state index is 12.8. The van der Waals surface area contributed by atoms with E-state index in [1.165, 1.54) is 16.9 Å². The Morgan fingerprint density at radius 3 is 2.81 bits per heavy atom. The topological polar surface area (TPSA) is 84.4 Å². The predicted molar refractivity (Wildman–Crippen MR) is 128 cm³/mol. The summed E-state index contributed by atoms with van der Waals surface area (Å²) >= 11 is 3.12. The number of hydrogen-bond donors (Lipinski definition) is 1. The van der Waals surface area contributed by atoms with Gasteiger partial charge in [-0.25, -0.2) is 0 Å². The SMILES string of the molecule is COc1ccc(C)cc1N1CC(C(=O)Nc2nnc(CSCc3ccccc3)s2)CC1=O. The van der Waals surface area contributed by atoms with Crippen molar-refractivity contribution >= 4 is 45.7 Å². The van der Waals surface area contributed by atoms with Gasteiger partial charge >= 0.3 is 0 Å². The average molecular weight is 469 g/mol. The van der Waals surface area contributed by atoms with Crippen LogP contribution in [0.1, 0.15) is 22.6 Å². The monoisotopic (exact) mass is 468 g/mol. The third-order valence-electron chi connectivity index (χ3n) is 5.16. The smallest absolute Gasteiger partial charge is 0.231 e. The van der Waals surface area contributed by atoms with Gasteiger partial charge in [-0.1, -0.05) is 47.7 Å². The van der Waals surface area contributed by atoms with Crippen LogP contribution in [0.25, 0.3) is 0 Å². The molecule has 2 amide bonds. The van der Waals surface area contributed by atoms with Gasteiger partial charge in [0.15, 0.2) is 0 Å². The highest BCUT2D eigenvalue weighted by Gasteiger charge is 2.36. The molecule has 2 aromatic carbocycles. The van der Waals surface area contributed by atoms with E-state index in [2.05, 4.69) is 27.6 Å². The molecule has 3 aromatic rings. The van der Waals surface area contributed by atoms with Crippen molar-refractivity contribution in [2.24, 2.45) is 5.92 Å². The molecule has 1 atom stereocenters. The first-order valence-corrected chi connectivity index (χ1v) is 12.2. The van der Waals surface area contributed by atoms with Crippen molar-refractivity contribution in [1.29, 1.82) is 0 Å². The fourth-order valence-electron chi connectivity index (χ4n) is 3.53. The van der Waals surface area contributed by atoms with Crippen LogP contribution in [0.4, 0.5) is 10.8 Å². The van der Waals surface area contributed by atoms with Crippen LogP contribution >= 0.6 is 23.1 Å². The molecule has 0 aliphatic carbocycles. The second-order valence-electron chi connectivity index (χ2n) is 7.55. The molecule has 7 nitrogen and oxygen atoms in total. The second kappa shape index (κ2) is 10.1. The quantitative estimate of drug-likeness (QED) is 0.531. The zero-order valence-corrected chi connectivity index (χ0v) is 19.5. The van der Waals surface area contributed by atoms with Gasteiger partial charge in [-0.15, -0.1) is 22.0 Å². The van der Waals surface area contributed by atoms with E-state index >= 15 is 0 Å². The minimum Gasteiger partial charge on any atom is -0.495 e. The Labute approximate surface area is 195 Å². The first-order chi connectivity index (χ1) is 15.5. The lowest BCUT2D eigenvalue weighted by molar-refractivity contribution is -0.122. The maximum atomic E-state index is 12.8. The van der Waals surface area contributed by atoms with Gasteiger partial charge in [0.2, 0.25) is 16.9 Å². The third kappa shape index (κ3) is 5.28. The highest BCUT2D eigenvalue weighted by Crippen LogP contribution is 2.34. The number of ether oxygens (including phenoxy) is 1. The molecule has 1 aromatic heterocycles. The highest BCUT2D eigenvalue weighted by molar-refractivity contribution is 7.97. The van der Waals surface area contributed by atoms with Gasteiger partial charge in [-0.05, 0) is 30.2 Å². The van der Waals surface area contributed by atoms with Crippen molar-refractivity contribution in [2.75, 3.05) is 23.9 Å². The summed E-state index contributed by atoms with van der Waals surface area (Å²) in [6.07, 6.45) is 0.154. The number of nitrogens with one attached hydrogen (secondary N) is 1. The molecule has 166 valence electrons. The summed E-state index contributed by atoms with van der Waals surface area (Å²) in [5, 5.41) is 12.4. The molecule has 1 saturated heterocycles. The number of benzene rings is 2. The molecule has 9 heteroatoms. The van der Waals surface area contributed by atoms with Crippen LogP contribution in [0, 0.1) is 12.8 Å². The first-order valence-electron chi connectivity index (χ1n) is 10.2. The number of methoxy groups -OCH3 is 1. The number of thioether (sulfide) groups is 1. The number of aryl methyl sites for hydroxylation is 1. The lowest BCUT2D eigenvalue weighted by Crippen LogP contribution is -2.28. The summed E-state index contributed by atoms with van der Waals surface area (Å²) in [7, 11) is 1.57. The molecule has 1 unspecified atom stereocenters. The number of carbonyl (C=O) groups is 2. The van der Waals surface area contributed by atoms with Gasteiger partial charge in [0.1, 0.15) is 10.8 Å². The van der Waals surface area contributed by atoms with Gasteiger partial charge in [0.05, 0.1) is 18.7 Å². The molecule has 1 aliphatic heterocycles. The van der Waals surface area contributed by atoms with Crippen molar-refractivity contribution in [1.82, 2.24) is 10.2 Å². The van der Waals surface area contributed by atoms with Crippen molar-refractivity contribution in [3.63, 3.8) is 0 Å². The number of nitrogens with zero attached hydrogens (tertiary/aromatic N) is 3. The van der Waals surface area contributed by atoms with E-state index in [0.717, 1.165) is 22.1 Å². The number of rotatable bonds is 8. The van der Waals surface area contributed by atoms with Crippen molar-refractivity contribution < 1.29 is 14.3 Å². The van der Waals surface area contributed by atoms with Crippen LogP contribution in [-0.2, 0) is 21.1 Å². The highest BCUT2D eigenvalue weighted by atomic mass is 32.2. The van der Waals surface area contributed by atoms with Crippen LogP contribution in [0.5, 0.6) is 5.75 Å². The van der Waals surface area contributed by atoms with E-state index in [1.54, 1.807) is 23.8 Å². The Morgan fingerprint density at radius 1 is 1.22 bits per heavy atom. The van der Waals surface area contributed by atoms with Crippen molar-refractivity contribution in [3.05, 3.63) is 64.7 Å². The van der Waals surface area contributed by atoms with Crippen LogP contribution < -0.4 is 15.0 Å². The van der Waals surface area contributed by atoms with Crippen molar-refractivity contribution in [3.8, 4) is 5.75 Å². The Bertz CT molecular complexity index is 1100. The van der Waals surface area contributed by atoms with E-state index in [0.29, 0.717) is 23.1 Å². The zero-order valence-electron chi connectivity index (χ0n) is 17.9. The van der Waals surface area contributed by atoms with E-state index in [4.69, 9.17) is 4.74 Å². The lowest BCUT2D eigenvalue weighted by atomic mass is 10.1. The molecule has 32 heavy (non-hydrogen) atoms. The zero-order chi connectivity index (χ0) is 22.5. The number of carbonyl (C=O) groups excluding carboxylic acids is 2. The molecule has 1 fully saturated rings. The lowest BCUT2D eigenvalue weighted by Gasteiger charge is -2.20. The summed E-state index contributed by atoms with van der Waals surface area (Å²) in [6.45, 7) is 2.27. The molecular weight excluding hydrogens is 444 g/mol. The number of anilines is 2. The van der Waals surface area contributed by atoms with E-state index in [9.17, 15) is 9.59 Å². The summed E-state index contributed by atoms with van der Waals surface area (Å²) in [4.78, 5) is 27.0. The molecule has 2 heterocycles. The van der Waals surface area contributed by atoms with E-state index in [1.807, 2.05) is 43.3 Å². The molecule has 0 bridgehead atoms. The number of hydrogen-bond acceptors (Lipinski definition) is 7. The van der Waals surface area contributed by atoms with Crippen LogP contribution in [0.3, 0.4) is 0 Å². The fraction of sp³-hybridized carbons (Fsp3) is 0.304. The normalized spacial score (nSPS) is 15.8. The van der Waals surface area contributed by atoms with Crippen LogP contribution in [-0.4, -0.2) is 35.7 Å². The van der Waals surface area contributed by atoms with Gasteiger partial charge in [-0.3, -0.25) is 9.59 Å². The minimum atomic E-state index is -0.451. The van der Waals surface area contributed by atoms with E-state index < -0.39 is 5.92 Å². The maximum Gasteiger partial charge on any atom is 0.231 e. The second-order valence-corrected chi connectivity index (χ2v) is 9.60. The van der Waals surface area contributed by atoms with E-state index in [-0.39, 0.29) is 18.2 Å². The Kier molecular flexibility index (Phi) is 7.06. The van der Waals surface area contributed by atoms with Gasteiger partial charge < -0.3 is 15.0 Å².